The fourth-order valence-corrected chi connectivity index (χ4v) is 2.34. The molecule has 1 aliphatic heterocycles. The molecule has 1 aromatic carbocycles. The van der Waals surface area contributed by atoms with E-state index >= 15 is 0 Å². The van der Waals surface area contributed by atoms with Crippen molar-refractivity contribution in [1.29, 1.82) is 0 Å². The van der Waals surface area contributed by atoms with Gasteiger partial charge in [0.15, 0.2) is 0 Å². The third-order valence-electron chi connectivity index (χ3n) is 3.42. The molecule has 0 saturated carbocycles. The number of carboxylic acid groups (broad SMARTS) is 1. The molecule has 6 nitrogen and oxygen atoms in total. The van der Waals surface area contributed by atoms with Crippen LogP contribution in [-0.2, 0) is 16.0 Å². The molecule has 0 aliphatic carbocycles. The summed E-state index contributed by atoms with van der Waals surface area (Å²) >= 11 is 0. The quantitative estimate of drug-likeness (QED) is 0.736. The first-order valence-electron chi connectivity index (χ1n) is 6.60. The maximum absolute atomic E-state index is 12.0. The first kappa shape index (κ1) is 14.5. The highest BCUT2D eigenvalue weighted by Gasteiger charge is 2.32. The van der Waals surface area contributed by atoms with Crippen LogP contribution in [0.25, 0.3) is 0 Å². The topological polar surface area (TPSA) is 89.9 Å². The molecule has 2 atom stereocenters. The van der Waals surface area contributed by atoms with E-state index < -0.39 is 24.0 Å². The first-order valence-corrected chi connectivity index (χ1v) is 6.60. The second-order valence-corrected chi connectivity index (χ2v) is 4.91. The molecule has 0 bridgehead atoms. The zero-order chi connectivity index (χ0) is 14.5. The minimum absolute atomic E-state index is 0.222. The Balaban J connectivity index is 1.99. The normalized spacial score (nSPS) is 20.6. The van der Waals surface area contributed by atoms with Gasteiger partial charge in [0, 0.05) is 13.0 Å². The number of hydrogen-bond donors (Lipinski definition) is 3. The van der Waals surface area contributed by atoms with Crippen molar-refractivity contribution in [3.8, 4) is 0 Å². The summed E-state index contributed by atoms with van der Waals surface area (Å²) in [6, 6.07) is 7.49. The molecule has 1 aliphatic rings. The molecular formula is C14H18N2O4. The smallest absolute Gasteiger partial charge is 0.326 e. The number of carbonyl (C=O) groups is 2. The highest BCUT2D eigenvalue weighted by atomic mass is 16.5. The number of aliphatic carboxylic acids is 1. The Hall–Kier alpha value is -1.92. The van der Waals surface area contributed by atoms with Gasteiger partial charge in [-0.15, -0.1) is 0 Å². The van der Waals surface area contributed by atoms with Crippen LogP contribution in [0.15, 0.2) is 30.3 Å². The maximum atomic E-state index is 12.0. The highest BCUT2D eigenvalue weighted by molar-refractivity contribution is 5.87. The predicted octanol–water partition coefficient (Wildman–Crippen LogP) is 0.652. The van der Waals surface area contributed by atoms with E-state index in [1.54, 1.807) is 0 Å². The van der Waals surface area contributed by atoms with E-state index in [9.17, 15) is 19.9 Å². The highest BCUT2D eigenvalue weighted by Crippen LogP contribution is 2.15. The van der Waals surface area contributed by atoms with Crippen molar-refractivity contribution >= 4 is 11.9 Å². The molecule has 3 N–H and O–H groups in total. The SMILES string of the molecule is O=C(N[C@@H](Cc1ccccc1)C(=O)O)C1CCCN1O. The average Bonchev–Trinajstić information content (AvgIpc) is 2.85. The fourth-order valence-electron chi connectivity index (χ4n) is 2.34. The van der Waals surface area contributed by atoms with Gasteiger partial charge in [-0.2, -0.15) is 5.06 Å². The molecule has 1 heterocycles. The van der Waals surface area contributed by atoms with E-state index in [-0.39, 0.29) is 6.42 Å². The van der Waals surface area contributed by atoms with E-state index in [4.69, 9.17) is 0 Å². The molecule has 1 saturated heterocycles. The van der Waals surface area contributed by atoms with Gasteiger partial charge in [0.1, 0.15) is 12.1 Å². The van der Waals surface area contributed by atoms with Gasteiger partial charge in [-0.05, 0) is 18.4 Å². The summed E-state index contributed by atoms with van der Waals surface area (Å²) in [5.74, 6) is -1.52. The van der Waals surface area contributed by atoms with E-state index in [1.807, 2.05) is 30.3 Å². The Morgan fingerprint density at radius 3 is 2.60 bits per heavy atom. The van der Waals surface area contributed by atoms with Crippen LogP contribution in [-0.4, -0.2) is 45.9 Å². The number of benzene rings is 1. The van der Waals surface area contributed by atoms with Gasteiger partial charge < -0.3 is 15.6 Å². The number of amides is 1. The summed E-state index contributed by atoms with van der Waals surface area (Å²) in [5.41, 5.74) is 0.840. The Labute approximate surface area is 117 Å². The lowest BCUT2D eigenvalue weighted by atomic mass is 10.1. The number of hydroxylamine groups is 2. The molecule has 20 heavy (non-hydrogen) atoms. The summed E-state index contributed by atoms with van der Waals surface area (Å²) < 4.78 is 0. The van der Waals surface area contributed by atoms with Gasteiger partial charge in [0.05, 0.1) is 0 Å². The van der Waals surface area contributed by atoms with Gasteiger partial charge in [0.25, 0.3) is 0 Å². The van der Waals surface area contributed by atoms with E-state index in [0.29, 0.717) is 13.0 Å². The molecule has 0 aromatic heterocycles. The van der Waals surface area contributed by atoms with Crippen molar-refractivity contribution < 1.29 is 19.9 Å². The molecule has 6 heteroatoms. The Morgan fingerprint density at radius 2 is 2.05 bits per heavy atom. The fraction of sp³-hybridized carbons (Fsp3) is 0.429. The second-order valence-electron chi connectivity index (χ2n) is 4.91. The van der Waals surface area contributed by atoms with Crippen LogP contribution in [0.2, 0.25) is 0 Å². The standard InChI is InChI=1S/C14H18N2O4/c17-13(12-7-4-8-16(12)20)15-11(14(18)19)9-10-5-2-1-3-6-10/h1-3,5-6,11-12,20H,4,7-9H2,(H,15,17)(H,18,19)/t11-,12?/m0/s1. The molecule has 1 fully saturated rings. The van der Waals surface area contributed by atoms with Crippen LogP contribution >= 0.6 is 0 Å². The zero-order valence-electron chi connectivity index (χ0n) is 11.0. The summed E-state index contributed by atoms with van der Waals surface area (Å²) in [5, 5.41) is 22.2. The molecular weight excluding hydrogens is 260 g/mol. The molecule has 0 radical (unpaired) electrons. The Kier molecular flexibility index (Phi) is 4.70. The summed E-state index contributed by atoms with van der Waals surface area (Å²) in [7, 11) is 0. The zero-order valence-corrected chi connectivity index (χ0v) is 11.0. The minimum atomic E-state index is -1.08. The van der Waals surface area contributed by atoms with Crippen LogP contribution in [0.3, 0.4) is 0 Å². The summed E-state index contributed by atoms with van der Waals surface area (Å²) in [6.07, 6.45) is 1.49. The molecule has 1 amide bonds. The molecule has 108 valence electrons. The van der Waals surface area contributed by atoms with Gasteiger partial charge >= 0.3 is 5.97 Å². The van der Waals surface area contributed by atoms with Crippen molar-refractivity contribution in [2.45, 2.75) is 31.3 Å². The van der Waals surface area contributed by atoms with Gasteiger partial charge in [-0.25, -0.2) is 4.79 Å². The number of hydrogen-bond acceptors (Lipinski definition) is 4. The monoisotopic (exact) mass is 278 g/mol. The third-order valence-corrected chi connectivity index (χ3v) is 3.42. The Morgan fingerprint density at radius 1 is 1.35 bits per heavy atom. The average molecular weight is 278 g/mol. The van der Waals surface area contributed by atoms with E-state index in [1.165, 1.54) is 0 Å². The van der Waals surface area contributed by atoms with Gasteiger partial charge in [0.2, 0.25) is 5.91 Å². The summed E-state index contributed by atoms with van der Waals surface area (Å²) in [4.78, 5) is 23.2. The van der Waals surface area contributed by atoms with Crippen LogP contribution in [0.1, 0.15) is 18.4 Å². The van der Waals surface area contributed by atoms with Crippen LogP contribution in [0.5, 0.6) is 0 Å². The van der Waals surface area contributed by atoms with Crippen molar-refractivity contribution in [3.63, 3.8) is 0 Å². The lowest BCUT2D eigenvalue weighted by Gasteiger charge is -2.20. The third kappa shape index (κ3) is 3.55. The van der Waals surface area contributed by atoms with Crippen molar-refractivity contribution in [1.82, 2.24) is 10.4 Å². The van der Waals surface area contributed by atoms with Crippen molar-refractivity contribution in [2.24, 2.45) is 0 Å². The number of carboxylic acids is 1. The lowest BCUT2D eigenvalue weighted by Crippen LogP contribution is -2.49. The van der Waals surface area contributed by atoms with Crippen LogP contribution < -0.4 is 5.32 Å². The molecule has 0 spiro atoms. The summed E-state index contributed by atoms with van der Waals surface area (Å²) in [6.45, 7) is 0.439. The number of nitrogens with one attached hydrogen (secondary N) is 1. The second kappa shape index (κ2) is 6.49. The maximum Gasteiger partial charge on any atom is 0.326 e. The molecule has 1 aromatic rings. The lowest BCUT2D eigenvalue weighted by molar-refractivity contribution is -0.150. The largest absolute Gasteiger partial charge is 0.480 e. The van der Waals surface area contributed by atoms with Crippen LogP contribution in [0.4, 0.5) is 0 Å². The van der Waals surface area contributed by atoms with E-state index in [0.717, 1.165) is 17.0 Å². The van der Waals surface area contributed by atoms with Crippen molar-refractivity contribution in [2.75, 3.05) is 6.54 Å². The van der Waals surface area contributed by atoms with Crippen LogP contribution in [0, 0.1) is 0 Å². The first-order chi connectivity index (χ1) is 9.58. The van der Waals surface area contributed by atoms with Crippen molar-refractivity contribution in [3.05, 3.63) is 35.9 Å². The minimum Gasteiger partial charge on any atom is -0.480 e. The van der Waals surface area contributed by atoms with E-state index in [2.05, 4.69) is 5.32 Å². The number of carbonyl (C=O) groups excluding carboxylic acids is 1. The Bertz CT molecular complexity index is 477. The molecule has 2 rings (SSSR count). The van der Waals surface area contributed by atoms with Gasteiger partial charge in [-0.1, -0.05) is 30.3 Å². The number of nitrogens with zero attached hydrogens (tertiary/aromatic N) is 1. The van der Waals surface area contributed by atoms with Gasteiger partial charge in [-0.3, -0.25) is 4.79 Å². The molecule has 1 unspecified atom stereocenters. The predicted molar refractivity (Wildman–Crippen MR) is 71.2 cm³/mol. The number of rotatable bonds is 5.